The van der Waals surface area contributed by atoms with Crippen LogP contribution in [0.3, 0.4) is 0 Å². The number of rotatable bonds is 14. The molecule has 0 saturated carbocycles. The predicted molar refractivity (Wildman–Crippen MR) is 186 cm³/mol. The average Bonchev–Trinajstić information content (AvgIpc) is 3.12. The molecule has 0 saturated heterocycles. The Kier molecular flexibility index (Phi) is 11.0. The maximum atomic E-state index is 14.5. The van der Waals surface area contributed by atoms with Gasteiger partial charge in [-0.15, -0.1) is 0 Å². The van der Waals surface area contributed by atoms with Crippen LogP contribution in [0, 0.1) is 5.82 Å². The van der Waals surface area contributed by atoms with E-state index in [0.717, 1.165) is 5.56 Å². The summed E-state index contributed by atoms with van der Waals surface area (Å²) in [6, 6.07) is 19.8. The number of urea groups is 1. The molecule has 15 heteroatoms. The fraction of sp³-hybridized carbons (Fsp3) is 0.194. The van der Waals surface area contributed by atoms with Gasteiger partial charge in [0.05, 0.1) is 48.5 Å². The number of benzene rings is 4. The Morgan fingerprint density at radius 3 is 2.65 bits per heavy atom. The molecule has 1 aliphatic heterocycles. The molecule has 0 radical (unpaired) electrons. The summed E-state index contributed by atoms with van der Waals surface area (Å²) in [5.74, 6) is 0.574. The highest BCUT2D eigenvalue weighted by Gasteiger charge is 2.26. The summed E-state index contributed by atoms with van der Waals surface area (Å²) in [6.45, 7) is 1.13. The zero-order chi connectivity index (χ0) is 35.7. The van der Waals surface area contributed by atoms with Gasteiger partial charge < -0.3 is 34.9 Å². The molecule has 6 rings (SSSR count). The predicted octanol–water partition coefficient (Wildman–Crippen LogP) is 5.67. The number of nitrogens with one attached hydrogen (secondary N) is 4. The van der Waals surface area contributed by atoms with Gasteiger partial charge >= 0.3 is 6.03 Å². The molecule has 13 nitrogen and oxygen atoms in total. The molecular weight excluding hydrogens is 683 g/mol. The van der Waals surface area contributed by atoms with Crippen molar-refractivity contribution in [3.63, 3.8) is 0 Å². The number of amides is 4. The van der Waals surface area contributed by atoms with E-state index in [-0.39, 0.29) is 62.0 Å². The highest BCUT2D eigenvalue weighted by Crippen LogP contribution is 2.36. The largest absolute Gasteiger partial charge is 0.493 e. The molecule has 0 aliphatic carbocycles. The third-order valence-electron chi connectivity index (χ3n) is 7.67. The number of fused-ring (bicyclic) bond motifs is 2. The summed E-state index contributed by atoms with van der Waals surface area (Å²) in [5.41, 5.74) is 2.42. The molecule has 51 heavy (non-hydrogen) atoms. The maximum Gasteiger partial charge on any atom is 0.315 e. The van der Waals surface area contributed by atoms with Crippen LogP contribution in [-0.4, -0.2) is 61.3 Å². The van der Waals surface area contributed by atoms with Crippen molar-refractivity contribution in [1.29, 1.82) is 0 Å². The number of imide groups is 1. The maximum absolute atomic E-state index is 14.5. The van der Waals surface area contributed by atoms with Crippen LogP contribution in [0.5, 0.6) is 23.0 Å². The minimum atomic E-state index is -0.600. The molecule has 0 atom stereocenters. The van der Waals surface area contributed by atoms with E-state index in [2.05, 4.69) is 31.2 Å². The minimum absolute atomic E-state index is 0.0184. The summed E-state index contributed by atoms with van der Waals surface area (Å²) in [5, 5.41) is 11.4. The van der Waals surface area contributed by atoms with E-state index < -0.39 is 11.7 Å². The summed E-state index contributed by atoms with van der Waals surface area (Å²) in [4.78, 5) is 45.1. The van der Waals surface area contributed by atoms with Crippen molar-refractivity contribution in [1.82, 2.24) is 25.9 Å². The summed E-state index contributed by atoms with van der Waals surface area (Å²) < 4.78 is 37.5. The number of aromatic nitrogens is 2. The van der Waals surface area contributed by atoms with Gasteiger partial charge in [-0.05, 0) is 47.5 Å². The van der Waals surface area contributed by atoms with E-state index in [9.17, 15) is 18.8 Å². The number of carbonyl (C=O) groups excluding carboxylic acids is 3. The van der Waals surface area contributed by atoms with Crippen LogP contribution < -0.4 is 35.5 Å². The topological polar surface area (TPSA) is 162 Å². The SMILES string of the molecule is COc1cc2ncnc(Nc3cccc(Cl)c3F)c2cc1OCCOCCNC(=O)NCc1cccc(Oc2cccc3c2C(=O)NC(=O)C3)c1. The first-order valence-electron chi connectivity index (χ1n) is 15.8. The van der Waals surface area contributed by atoms with Crippen LogP contribution in [0.1, 0.15) is 21.5 Å². The van der Waals surface area contributed by atoms with E-state index in [1.54, 1.807) is 60.7 Å². The van der Waals surface area contributed by atoms with E-state index in [1.165, 1.54) is 19.5 Å². The third kappa shape index (κ3) is 8.60. The third-order valence-corrected chi connectivity index (χ3v) is 7.96. The molecule has 0 fully saturated rings. The van der Waals surface area contributed by atoms with Gasteiger partial charge in [0, 0.05) is 24.5 Å². The van der Waals surface area contributed by atoms with Crippen LogP contribution in [0.15, 0.2) is 79.1 Å². The second-order valence-electron chi connectivity index (χ2n) is 11.1. The first-order valence-corrected chi connectivity index (χ1v) is 16.2. The number of halogens is 2. The molecule has 5 aromatic rings. The van der Waals surface area contributed by atoms with Gasteiger partial charge in [-0.3, -0.25) is 14.9 Å². The number of ether oxygens (including phenoxy) is 4. The summed E-state index contributed by atoms with van der Waals surface area (Å²) in [6.07, 6.45) is 1.46. The van der Waals surface area contributed by atoms with E-state index >= 15 is 0 Å². The normalized spacial score (nSPS) is 12.1. The van der Waals surface area contributed by atoms with Crippen molar-refractivity contribution in [2.45, 2.75) is 13.0 Å². The molecule has 0 spiro atoms. The molecule has 4 aromatic carbocycles. The molecule has 4 N–H and O–H groups in total. The van der Waals surface area contributed by atoms with Crippen LogP contribution in [0.4, 0.5) is 20.7 Å². The van der Waals surface area contributed by atoms with Crippen molar-refractivity contribution in [2.75, 3.05) is 38.8 Å². The number of anilines is 2. The average molecular weight is 715 g/mol. The zero-order valence-corrected chi connectivity index (χ0v) is 28.0. The van der Waals surface area contributed by atoms with Gasteiger partial charge in [0.1, 0.15) is 30.3 Å². The van der Waals surface area contributed by atoms with Gasteiger partial charge in [-0.1, -0.05) is 41.9 Å². The number of hydrogen-bond donors (Lipinski definition) is 4. The molecule has 4 amide bonds. The van der Waals surface area contributed by atoms with Crippen LogP contribution in [0.25, 0.3) is 10.9 Å². The Morgan fingerprint density at radius 2 is 1.78 bits per heavy atom. The quantitative estimate of drug-likeness (QED) is 0.0833. The van der Waals surface area contributed by atoms with E-state index in [4.69, 9.17) is 30.5 Å². The second kappa shape index (κ2) is 16.1. The monoisotopic (exact) mass is 714 g/mol. The number of methoxy groups -OCH3 is 1. The fourth-order valence-electron chi connectivity index (χ4n) is 5.28. The molecule has 1 aliphatic rings. The van der Waals surface area contributed by atoms with Crippen LogP contribution >= 0.6 is 11.6 Å². The zero-order valence-electron chi connectivity index (χ0n) is 27.3. The van der Waals surface area contributed by atoms with Crippen molar-refractivity contribution in [2.24, 2.45) is 0 Å². The van der Waals surface area contributed by atoms with Crippen LogP contribution in [0.2, 0.25) is 5.02 Å². The molecule has 0 bridgehead atoms. The lowest BCUT2D eigenvalue weighted by Crippen LogP contribution is -2.37. The smallest absolute Gasteiger partial charge is 0.315 e. The van der Waals surface area contributed by atoms with E-state index in [0.29, 0.717) is 50.8 Å². The second-order valence-corrected chi connectivity index (χ2v) is 11.5. The first-order chi connectivity index (χ1) is 24.8. The number of carbonyl (C=O) groups is 3. The first kappa shape index (κ1) is 34.9. The molecule has 1 aromatic heterocycles. The highest BCUT2D eigenvalue weighted by atomic mass is 35.5. The molecule has 0 unspecified atom stereocenters. The fourth-order valence-corrected chi connectivity index (χ4v) is 5.45. The molecule has 2 heterocycles. The summed E-state index contributed by atoms with van der Waals surface area (Å²) in [7, 11) is 1.51. The van der Waals surface area contributed by atoms with Crippen molar-refractivity contribution in [3.8, 4) is 23.0 Å². The van der Waals surface area contributed by atoms with Crippen molar-refractivity contribution < 1.29 is 37.7 Å². The number of nitrogens with zero attached hydrogens (tertiary/aromatic N) is 2. The van der Waals surface area contributed by atoms with Gasteiger partial charge in [-0.25, -0.2) is 19.2 Å². The standard InChI is InChI=1S/C36H32ClFN6O7/c1-48-29-18-27-24(34(42-20-41-27)43-26-9-4-8-25(37)33(26)38)17-30(29)50-14-13-49-12-11-39-36(47)40-19-21-5-2-7-23(15-21)51-28-10-3-6-22-16-31(45)44-35(46)32(22)28/h2-10,15,17-18,20H,11-14,16,19H2,1H3,(H2,39,40,47)(H,41,42,43)(H,44,45,46). The molecular formula is C36H32ClFN6O7. The Balaban J connectivity index is 0.939. The Labute approximate surface area is 296 Å². The minimum Gasteiger partial charge on any atom is -0.493 e. The van der Waals surface area contributed by atoms with Crippen LogP contribution in [-0.2, 0) is 22.5 Å². The molecule has 262 valence electrons. The lowest BCUT2D eigenvalue weighted by atomic mass is 9.99. The van der Waals surface area contributed by atoms with Gasteiger partial charge in [0.2, 0.25) is 5.91 Å². The van der Waals surface area contributed by atoms with Gasteiger partial charge in [0.15, 0.2) is 17.3 Å². The lowest BCUT2D eigenvalue weighted by molar-refractivity contribution is -0.119. The highest BCUT2D eigenvalue weighted by molar-refractivity contribution is 6.31. The Morgan fingerprint density at radius 1 is 0.941 bits per heavy atom. The van der Waals surface area contributed by atoms with Gasteiger partial charge in [0.25, 0.3) is 5.91 Å². The lowest BCUT2D eigenvalue weighted by Gasteiger charge is -2.18. The van der Waals surface area contributed by atoms with Crippen molar-refractivity contribution >= 4 is 51.9 Å². The van der Waals surface area contributed by atoms with Crippen molar-refractivity contribution in [3.05, 3.63) is 107 Å². The Bertz CT molecular complexity index is 2100. The summed E-state index contributed by atoms with van der Waals surface area (Å²) >= 11 is 5.93. The van der Waals surface area contributed by atoms with E-state index in [1.807, 2.05) is 6.07 Å². The number of hydrogen-bond acceptors (Lipinski definition) is 10. The Hall–Kier alpha value is -5.99. The van der Waals surface area contributed by atoms with Gasteiger partial charge in [-0.2, -0.15) is 0 Å².